The zero-order chi connectivity index (χ0) is 29.6. The Balaban J connectivity index is 1.27. The second-order valence-electron chi connectivity index (χ2n) is 13.7. The van der Waals surface area contributed by atoms with Crippen molar-refractivity contribution in [1.82, 2.24) is 10.2 Å². The Labute approximate surface area is 250 Å². The normalized spacial score (nSPS) is 35.4. The molecule has 3 aliphatic heterocycles. The van der Waals surface area contributed by atoms with Crippen molar-refractivity contribution >= 4 is 23.4 Å². The van der Waals surface area contributed by atoms with Gasteiger partial charge in [0.1, 0.15) is 11.6 Å². The molecule has 8 unspecified atom stereocenters. The fourth-order valence-corrected chi connectivity index (χ4v) is 8.13. The summed E-state index contributed by atoms with van der Waals surface area (Å²) in [4.78, 5) is 44.0. The minimum Gasteiger partial charge on any atom is -0.359 e. The van der Waals surface area contributed by atoms with E-state index in [0.717, 1.165) is 32.1 Å². The van der Waals surface area contributed by atoms with Gasteiger partial charge in [-0.15, -0.1) is 0 Å². The van der Waals surface area contributed by atoms with Crippen LogP contribution in [0.4, 0.5) is 5.69 Å². The molecule has 42 heavy (non-hydrogen) atoms. The van der Waals surface area contributed by atoms with E-state index in [1.807, 2.05) is 36.4 Å². The molecule has 226 valence electrons. The van der Waals surface area contributed by atoms with Crippen LogP contribution in [-0.4, -0.2) is 53.0 Å². The van der Waals surface area contributed by atoms with E-state index in [1.165, 1.54) is 30.4 Å². The Bertz CT molecular complexity index is 1270. The lowest BCUT2D eigenvalue weighted by molar-refractivity contribution is -0.141. The van der Waals surface area contributed by atoms with Crippen LogP contribution in [0.25, 0.3) is 0 Å². The van der Waals surface area contributed by atoms with Gasteiger partial charge in [-0.05, 0) is 74.0 Å². The van der Waals surface area contributed by atoms with E-state index in [-0.39, 0.29) is 23.8 Å². The number of amides is 3. The maximum absolute atomic E-state index is 14.3. The second-order valence-corrected chi connectivity index (χ2v) is 13.7. The zero-order valence-electron chi connectivity index (χ0n) is 25.6. The van der Waals surface area contributed by atoms with Crippen molar-refractivity contribution in [3.8, 4) is 0 Å². The Hall–Kier alpha value is -2.93. The van der Waals surface area contributed by atoms with Crippen LogP contribution in [0, 0.1) is 23.7 Å². The van der Waals surface area contributed by atoms with Crippen LogP contribution in [0.3, 0.4) is 0 Å². The summed E-state index contributed by atoms with van der Waals surface area (Å²) < 4.78 is 6.56. The summed E-state index contributed by atoms with van der Waals surface area (Å²) in [5, 5.41) is 6.41. The van der Waals surface area contributed by atoms with Crippen molar-refractivity contribution in [3.63, 3.8) is 0 Å². The van der Waals surface area contributed by atoms with Gasteiger partial charge in [-0.1, -0.05) is 76.5 Å². The number of allylic oxidation sites excluding steroid dienone is 1. The summed E-state index contributed by atoms with van der Waals surface area (Å²) in [6.07, 6.45) is 14.0. The highest BCUT2D eigenvalue weighted by molar-refractivity contribution is 6.02. The van der Waals surface area contributed by atoms with E-state index in [9.17, 15) is 14.4 Å². The lowest BCUT2D eigenvalue weighted by atomic mass is 9.73. The third-order valence-electron chi connectivity index (χ3n) is 10.9. The minimum absolute atomic E-state index is 0.0743. The van der Waals surface area contributed by atoms with Crippen LogP contribution in [0.1, 0.15) is 90.5 Å². The summed E-state index contributed by atoms with van der Waals surface area (Å²) in [6.45, 7) is 9.21. The molecule has 3 fully saturated rings. The molecule has 1 spiro atoms. The number of nitrogens with zero attached hydrogens (tertiary/aromatic N) is 1. The number of carbonyl (C=O) groups is 3. The monoisotopic (exact) mass is 573 g/mol. The first kappa shape index (κ1) is 29.2. The molecule has 6 rings (SSSR count). The lowest BCUT2D eigenvalue weighted by Gasteiger charge is -2.38. The molecule has 1 aromatic carbocycles. The topological polar surface area (TPSA) is 87.7 Å². The van der Waals surface area contributed by atoms with E-state index in [1.54, 1.807) is 4.90 Å². The third-order valence-corrected chi connectivity index (χ3v) is 10.9. The van der Waals surface area contributed by atoms with Crippen LogP contribution < -0.4 is 10.6 Å². The van der Waals surface area contributed by atoms with Gasteiger partial charge >= 0.3 is 0 Å². The summed E-state index contributed by atoms with van der Waals surface area (Å²) >= 11 is 0. The molecule has 2 bridgehead atoms. The number of anilines is 1. The van der Waals surface area contributed by atoms with Crippen molar-refractivity contribution in [2.45, 2.75) is 109 Å². The van der Waals surface area contributed by atoms with E-state index in [4.69, 9.17) is 4.74 Å². The van der Waals surface area contributed by atoms with Crippen molar-refractivity contribution in [2.75, 3.05) is 11.9 Å². The maximum Gasteiger partial charge on any atom is 0.246 e. The number of hydrogen-bond donors (Lipinski definition) is 2. The van der Waals surface area contributed by atoms with E-state index < -0.39 is 29.6 Å². The number of benzene rings is 1. The van der Waals surface area contributed by atoms with E-state index in [0.29, 0.717) is 30.0 Å². The quantitative estimate of drug-likeness (QED) is 0.389. The molecule has 1 saturated carbocycles. The van der Waals surface area contributed by atoms with Gasteiger partial charge in [-0.3, -0.25) is 14.4 Å². The summed E-state index contributed by atoms with van der Waals surface area (Å²) in [5.74, 6) is -0.623. The van der Waals surface area contributed by atoms with Gasteiger partial charge in [-0.2, -0.15) is 0 Å². The molecule has 3 heterocycles. The van der Waals surface area contributed by atoms with Crippen molar-refractivity contribution in [3.05, 3.63) is 53.6 Å². The van der Waals surface area contributed by atoms with Crippen LogP contribution in [-0.2, 0) is 19.1 Å². The van der Waals surface area contributed by atoms with Gasteiger partial charge in [0.25, 0.3) is 0 Å². The molecule has 2 N–H and O–H groups in total. The lowest BCUT2D eigenvalue weighted by Crippen LogP contribution is -2.58. The van der Waals surface area contributed by atoms with Gasteiger partial charge in [-0.25, -0.2) is 0 Å². The third kappa shape index (κ3) is 5.12. The zero-order valence-corrected chi connectivity index (χ0v) is 25.6. The first-order valence-corrected chi connectivity index (χ1v) is 16.3. The van der Waals surface area contributed by atoms with Crippen molar-refractivity contribution < 1.29 is 19.1 Å². The Morgan fingerprint density at radius 2 is 1.86 bits per heavy atom. The standard InChI is InChI=1S/C35H47N3O4/c1-21(2)25-13-15-26(16-14-25)36-32(39)29-28-17-19-35(42-28)30(29)34(41)38(20-18-24-10-6-5-7-11-24)31(35)33(40)37-27-12-8-9-22(3)23(27)4/h10,13-17,19,21-23,27-31H,5-9,11-12,18,20H2,1-4H3,(H,36,39)(H,37,40). The highest BCUT2D eigenvalue weighted by Gasteiger charge is 2.72. The molecule has 8 atom stereocenters. The van der Waals surface area contributed by atoms with Crippen LogP contribution in [0.5, 0.6) is 0 Å². The SMILES string of the molecule is CC(C)c1ccc(NC(=O)C2C3C=CC4(O3)C2C(=O)N(CCC2=CCCCC2)C4C(=O)NC2CCCC(C)C2C)cc1. The number of rotatable bonds is 8. The average molecular weight is 574 g/mol. The molecule has 0 radical (unpaired) electrons. The predicted molar refractivity (Wildman–Crippen MR) is 164 cm³/mol. The molecule has 7 heteroatoms. The smallest absolute Gasteiger partial charge is 0.246 e. The molecular weight excluding hydrogens is 526 g/mol. The Morgan fingerprint density at radius 3 is 2.57 bits per heavy atom. The fourth-order valence-electron chi connectivity index (χ4n) is 8.13. The van der Waals surface area contributed by atoms with Crippen LogP contribution in [0.2, 0.25) is 0 Å². The maximum atomic E-state index is 14.3. The Kier molecular flexibility index (Phi) is 8.07. The summed E-state index contributed by atoms with van der Waals surface area (Å²) in [6, 6.07) is 7.16. The number of ether oxygens (including phenoxy) is 1. The minimum atomic E-state index is -1.13. The van der Waals surface area contributed by atoms with Gasteiger partial charge in [0.2, 0.25) is 17.7 Å². The fraction of sp³-hybridized carbons (Fsp3) is 0.629. The number of carbonyl (C=O) groups excluding carboxylic acids is 3. The number of likely N-dealkylation sites (tertiary alicyclic amines) is 1. The second kappa shape index (κ2) is 11.6. The van der Waals surface area contributed by atoms with Crippen LogP contribution >= 0.6 is 0 Å². The van der Waals surface area contributed by atoms with Crippen molar-refractivity contribution in [2.24, 2.45) is 23.7 Å². The number of hydrogen-bond acceptors (Lipinski definition) is 4. The summed E-state index contributed by atoms with van der Waals surface area (Å²) in [5.41, 5.74) is 2.13. The van der Waals surface area contributed by atoms with Gasteiger partial charge < -0.3 is 20.3 Å². The largest absolute Gasteiger partial charge is 0.359 e. The van der Waals surface area contributed by atoms with Crippen LogP contribution in [0.15, 0.2) is 48.1 Å². The van der Waals surface area contributed by atoms with Crippen molar-refractivity contribution in [1.29, 1.82) is 0 Å². The molecular formula is C35H47N3O4. The molecule has 0 aromatic heterocycles. The number of nitrogens with one attached hydrogen (secondary N) is 2. The summed E-state index contributed by atoms with van der Waals surface area (Å²) in [7, 11) is 0. The highest BCUT2D eigenvalue weighted by Crippen LogP contribution is 2.55. The van der Waals surface area contributed by atoms with E-state index >= 15 is 0 Å². The first-order valence-electron chi connectivity index (χ1n) is 16.3. The molecule has 5 aliphatic rings. The molecule has 1 aromatic rings. The first-order chi connectivity index (χ1) is 20.2. The molecule has 3 amide bonds. The number of fused-ring (bicyclic) bond motifs is 1. The average Bonchev–Trinajstić information content (AvgIpc) is 3.62. The Morgan fingerprint density at radius 1 is 1.07 bits per heavy atom. The predicted octanol–water partition coefficient (Wildman–Crippen LogP) is 5.73. The molecule has 7 nitrogen and oxygen atoms in total. The van der Waals surface area contributed by atoms with Gasteiger partial charge in [0, 0.05) is 18.3 Å². The molecule has 2 saturated heterocycles. The van der Waals surface area contributed by atoms with E-state index in [2.05, 4.69) is 44.4 Å². The highest BCUT2D eigenvalue weighted by atomic mass is 16.5. The van der Waals surface area contributed by atoms with Gasteiger partial charge in [0.05, 0.1) is 17.9 Å². The van der Waals surface area contributed by atoms with Gasteiger partial charge in [0.15, 0.2) is 0 Å². The molecule has 2 aliphatic carbocycles.